The summed E-state index contributed by atoms with van der Waals surface area (Å²) in [5.74, 6) is 0. The Morgan fingerprint density at radius 2 is 1.84 bits per heavy atom. The Kier molecular flexibility index (Phi) is 3.53. The largest absolute Gasteiger partial charge is 0.320 e. The lowest BCUT2D eigenvalue weighted by Gasteiger charge is -1.97. The summed E-state index contributed by atoms with van der Waals surface area (Å²) in [7, 11) is 2.07. The maximum Gasteiger partial charge on any atom is 0.185 e. The van der Waals surface area contributed by atoms with E-state index in [1.54, 1.807) is 11.3 Å². The molecule has 0 saturated carbocycles. The van der Waals surface area contributed by atoms with Gasteiger partial charge < -0.3 is 4.57 Å². The highest BCUT2D eigenvalue weighted by atomic mass is 79.9. The summed E-state index contributed by atoms with van der Waals surface area (Å²) in [5, 5.41) is 0. The maximum absolute atomic E-state index is 4.71. The molecule has 0 radical (unpaired) electrons. The van der Waals surface area contributed by atoms with Crippen LogP contribution in [-0.2, 0) is 13.6 Å². The minimum atomic E-state index is 0.716. The molecule has 0 bridgehead atoms. The van der Waals surface area contributed by atoms with E-state index in [2.05, 4.69) is 76.1 Å². The first-order valence-electron chi connectivity index (χ1n) is 6.03. The van der Waals surface area contributed by atoms with Crippen LogP contribution in [0, 0.1) is 0 Å². The zero-order valence-electron chi connectivity index (χ0n) is 10.5. The molecule has 1 heterocycles. The lowest BCUT2D eigenvalue weighted by atomic mass is 10.2. The quantitative estimate of drug-likeness (QED) is 0.672. The van der Waals surface area contributed by atoms with Crippen molar-refractivity contribution in [2.24, 2.45) is 12.0 Å². The first-order valence-corrected chi connectivity index (χ1v) is 7.64. The molecule has 4 heteroatoms. The zero-order chi connectivity index (χ0) is 13.2. The molecule has 3 rings (SSSR count). The predicted molar refractivity (Wildman–Crippen MR) is 84.2 cm³/mol. The number of hydrogen-bond acceptors (Lipinski definition) is 2. The summed E-state index contributed by atoms with van der Waals surface area (Å²) < 4.78 is 4.53. The van der Waals surface area contributed by atoms with Crippen molar-refractivity contribution in [1.82, 2.24) is 4.57 Å². The van der Waals surface area contributed by atoms with Crippen molar-refractivity contribution in [3.63, 3.8) is 0 Å². The van der Waals surface area contributed by atoms with Gasteiger partial charge in [0.1, 0.15) is 0 Å². The van der Waals surface area contributed by atoms with Crippen molar-refractivity contribution < 1.29 is 0 Å². The van der Waals surface area contributed by atoms with Gasteiger partial charge in [-0.3, -0.25) is 4.99 Å². The van der Waals surface area contributed by atoms with E-state index in [0.717, 1.165) is 9.27 Å². The molecule has 19 heavy (non-hydrogen) atoms. The molecule has 1 aromatic heterocycles. The molecular formula is C15H13BrN2S. The van der Waals surface area contributed by atoms with Gasteiger partial charge in [-0.15, -0.1) is 0 Å². The van der Waals surface area contributed by atoms with Crippen LogP contribution in [0.3, 0.4) is 0 Å². The Hall–Kier alpha value is -1.39. The van der Waals surface area contributed by atoms with Crippen LogP contribution < -0.4 is 4.80 Å². The predicted octanol–water partition coefficient (Wildman–Crippen LogP) is 4.10. The van der Waals surface area contributed by atoms with E-state index in [0.29, 0.717) is 6.54 Å². The monoisotopic (exact) mass is 332 g/mol. The molecule has 0 aliphatic carbocycles. The van der Waals surface area contributed by atoms with Gasteiger partial charge in [0.25, 0.3) is 0 Å². The lowest BCUT2D eigenvalue weighted by Crippen LogP contribution is -2.10. The standard InChI is InChI=1S/C15H13BrN2S/c1-18-13-4-2-3-5-14(13)19-15(18)17-10-11-6-8-12(16)9-7-11/h2-9H,10H2,1H3. The van der Waals surface area contributed by atoms with Crippen LogP contribution in [0.15, 0.2) is 58.0 Å². The van der Waals surface area contributed by atoms with Crippen molar-refractivity contribution in [2.45, 2.75) is 6.54 Å². The normalized spacial score (nSPS) is 12.2. The Bertz CT molecular complexity index is 769. The van der Waals surface area contributed by atoms with Gasteiger partial charge in [-0.1, -0.05) is 51.5 Å². The number of aryl methyl sites for hydroxylation is 1. The van der Waals surface area contributed by atoms with Gasteiger partial charge in [-0.05, 0) is 29.8 Å². The molecule has 0 N–H and O–H groups in total. The Morgan fingerprint density at radius 1 is 1.11 bits per heavy atom. The molecule has 0 atom stereocenters. The van der Waals surface area contributed by atoms with Gasteiger partial charge in [0.2, 0.25) is 0 Å². The number of fused-ring (bicyclic) bond motifs is 1. The minimum absolute atomic E-state index is 0.716. The van der Waals surface area contributed by atoms with Crippen molar-refractivity contribution in [2.75, 3.05) is 0 Å². The fourth-order valence-electron chi connectivity index (χ4n) is 1.98. The first kappa shape index (κ1) is 12.6. The number of thiazole rings is 1. The lowest BCUT2D eigenvalue weighted by molar-refractivity contribution is 0.867. The highest BCUT2D eigenvalue weighted by Crippen LogP contribution is 2.15. The third-order valence-electron chi connectivity index (χ3n) is 3.02. The summed E-state index contributed by atoms with van der Waals surface area (Å²) in [6.07, 6.45) is 0. The second-order valence-corrected chi connectivity index (χ2v) is 6.28. The minimum Gasteiger partial charge on any atom is -0.320 e. The van der Waals surface area contributed by atoms with Gasteiger partial charge in [-0.2, -0.15) is 0 Å². The van der Waals surface area contributed by atoms with E-state index in [4.69, 9.17) is 4.99 Å². The Balaban J connectivity index is 1.97. The van der Waals surface area contributed by atoms with Crippen LogP contribution in [0.1, 0.15) is 5.56 Å². The third kappa shape index (κ3) is 2.65. The van der Waals surface area contributed by atoms with Gasteiger partial charge >= 0.3 is 0 Å². The number of rotatable bonds is 2. The SMILES string of the molecule is Cn1c(=NCc2ccc(Br)cc2)sc2ccccc21. The molecule has 0 amide bonds. The van der Waals surface area contributed by atoms with Gasteiger partial charge in [-0.25, -0.2) is 0 Å². The van der Waals surface area contributed by atoms with Crippen molar-refractivity contribution in [3.8, 4) is 0 Å². The van der Waals surface area contributed by atoms with Gasteiger partial charge in [0.15, 0.2) is 4.80 Å². The first-order chi connectivity index (χ1) is 9.24. The molecule has 0 saturated heterocycles. The van der Waals surface area contributed by atoms with E-state index >= 15 is 0 Å². The molecule has 2 nitrogen and oxygen atoms in total. The van der Waals surface area contributed by atoms with Crippen LogP contribution in [-0.4, -0.2) is 4.57 Å². The molecule has 0 fully saturated rings. The fourth-order valence-corrected chi connectivity index (χ4v) is 3.26. The number of hydrogen-bond donors (Lipinski definition) is 0. The zero-order valence-corrected chi connectivity index (χ0v) is 12.9. The molecule has 0 spiro atoms. The van der Waals surface area contributed by atoms with Crippen molar-refractivity contribution in [3.05, 3.63) is 63.4 Å². The number of benzene rings is 2. The summed E-state index contributed by atoms with van der Waals surface area (Å²) >= 11 is 5.18. The van der Waals surface area contributed by atoms with E-state index in [-0.39, 0.29) is 0 Å². The van der Waals surface area contributed by atoms with E-state index in [9.17, 15) is 0 Å². The summed E-state index contributed by atoms with van der Waals surface area (Å²) in [6.45, 7) is 0.716. The second-order valence-electron chi connectivity index (χ2n) is 4.35. The number of aromatic nitrogens is 1. The number of halogens is 1. The molecule has 0 unspecified atom stereocenters. The fraction of sp³-hybridized carbons (Fsp3) is 0.133. The molecule has 0 aliphatic rings. The van der Waals surface area contributed by atoms with E-state index < -0.39 is 0 Å². The average molecular weight is 333 g/mol. The van der Waals surface area contributed by atoms with E-state index in [1.807, 2.05) is 0 Å². The number of nitrogens with zero attached hydrogens (tertiary/aromatic N) is 2. The highest BCUT2D eigenvalue weighted by Gasteiger charge is 2.00. The van der Waals surface area contributed by atoms with E-state index in [1.165, 1.54) is 15.8 Å². The molecule has 2 aromatic carbocycles. The molecule has 96 valence electrons. The van der Waals surface area contributed by atoms with Crippen LogP contribution in [0.4, 0.5) is 0 Å². The third-order valence-corrected chi connectivity index (χ3v) is 4.70. The van der Waals surface area contributed by atoms with Crippen molar-refractivity contribution in [1.29, 1.82) is 0 Å². The van der Waals surface area contributed by atoms with Crippen molar-refractivity contribution >= 4 is 37.5 Å². The smallest absolute Gasteiger partial charge is 0.185 e. The van der Waals surface area contributed by atoms with Crippen LogP contribution in [0.2, 0.25) is 0 Å². The maximum atomic E-state index is 4.71. The molecule has 0 aliphatic heterocycles. The Labute approximate surface area is 124 Å². The highest BCUT2D eigenvalue weighted by molar-refractivity contribution is 9.10. The topological polar surface area (TPSA) is 17.3 Å². The van der Waals surface area contributed by atoms with Gasteiger partial charge in [0.05, 0.1) is 16.8 Å². The summed E-state index contributed by atoms with van der Waals surface area (Å²) in [6, 6.07) is 16.7. The van der Waals surface area contributed by atoms with Crippen LogP contribution >= 0.6 is 27.3 Å². The average Bonchev–Trinajstić information content (AvgIpc) is 2.76. The molecule has 3 aromatic rings. The summed E-state index contributed by atoms with van der Waals surface area (Å²) in [4.78, 5) is 5.77. The number of para-hydroxylation sites is 1. The Morgan fingerprint density at radius 3 is 2.58 bits per heavy atom. The second kappa shape index (κ2) is 5.31. The van der Waals surface area contributed by atoms with Crippen LogP contribution in [0.5, 0.6) is 0 Å². The summed E-state index contributed by atoms with van der Waals surface area (Å²) in [5.41, 5.74) is 2.46. The molecular weight excluding hydrogens is 320 g/mol. The van der Waals surface area contributed by atoms with Gasteiger partial charge in [0, 0.05) is 11.5 Å². The van der Waals surface area contributed by atoms with Crippen LogP contribution in [0.25, 0.3) is 10.2 Å².